The van der Waals surface area contributed by atoms with Gasteiger partial charge in [-0.15, -0.1) is 12.3 Å². The summed E-state index contributed by atoms with van der Waals surface area (Å²) >= 11 is 0. The van der Waals surface area contributed by atoms with Crippen LogP contribution in [0.25, 0.3) is 0 Å². The summed E-state index contributed by atoms with van der Waals surface area (Å²) in [5.74, 6) is 2.87. The van der Waals surface area contributed by atoms with Crippen LogP contribution in [-0.2, 0) is 0 Å². The number of nitrogens with zero attached hydrogens (tertiary/aromatic N) is 1. The molecule has 0 atom stereocenters. The van der Waals surface area contributed by atoms with Crippen molar-refractivity contribution in [1.29, 1.82) is 0 Å². The van der Waals surface area contributed by atoms with E-state index in [-0.39, 0.29) is 11.0 Å². The van der Waals surface area contributed by atoms with Gasteiger partial charge < -0.3 is 4.90 Å². The van der Waals surface area contributed by atoms with Gasteiger partial charge in [-0.05, 0) is 54.1 Å². The molecule has 0 saturated heterocycles. The lowest BCUT2D eigenvalue weighted by atomic mass is 9.80. The van der Waals surface area contributed by atoms with Crippen LogP contribution in [0, 0.1) is 17.8 Å². The lowest BCUT2D eigenvalue weighted by Crippen LogP contribution is -2.44. The van der Waals surface area contributed by atoms with E-state index in [2.05, 4.69) is 52.5 Å². The molecule has 0 amide bonds. The van der Waals surface area contributed by atoms with Crippen LogP contribution in [0.3, 0.4) is 0 Å². The van der Waals surface area contributed by atoms with E-state index in [1.54, 1.807) is 0 Å². The summed E-state index contributed by atoms with van der Waals surface area (Å²) < 4.78 is 0. The summed E-state index contributed by atoms with van der Waals surface area (Å²) in [6.07, 6.45) is 7.74. The fourth-order valence-electron chi connectivity index (χ4n) is 1.91. The number of terminal acetylenes is 1. The Hall–Kier alpha value is -0.480. The highest BCUT2D eigenvalue weighted by atomic mass is 15.2. The first-order valence-corrected chi connectivity index (χ1v) is 5.44. The largest absolute Gasteiger partial charge is 0.301 e. The van der Waals surface area contributed by atoms with Crippen LogP contribution in [-0.4, -0.2) is 24.0 Å². The molecule has 0 unspecified atom stereocenters. The van der Waals surface area contributed by atoms with Crippen LogP contribution in [0.15, 0.2) is 0 Å². The van der Waals surface area contributed by atoms with Gasteiger partial charge in [-0.1, -0.05) is 6.92 Å². The molecule has 0 aromatic heterocycles. The van der Waals surface area contributed by atoms with Crippen LogP contribution in [0.1, 0.15) is 47.5 Å². The van der Waals surface area contributed by atoms with Crippen LogP contribution in [0.5, 0.6) is 0 Å². The molecule has 0 fully saturated rings. The van der Waals surface area contributed by atoms with Crippen molar-refractivity contribution < 1.29 is 0 Å². The number of hydrogen-bond donors (Lipinski definition) is 0. The molecule has 0 bridgehead atoms. The van der Waals surface area contributed by atoms with Crippen LogP contribution >= 0.6 is 0 Å². The minimum absolute atomic E-state index is 0.00843. The second-order valence-corrected chi connectivity index (χ2v) is 5.44. The van der Waals surface area contributed by atoms with Crippen molar-refractivity contribution in [2.24, 2.45) is 5.41 Å². The zero-order valence-electron chi connectivity index (χ0n) is 10.6. The van der Waals surface area contributed by atoms with Gasteiger partial charge in [-0.25, -0.2) is 0 Å². The van der Waals surface area contributed by atoms with E-state index in [1.807, 2.05) is 0 Å². The average molecular weight is 195 g/mol. The fourth-order valence-corrected chi connectivity index (χ4v) is 1.91. The Kier molecular flexibility index (Phi) is 4.68. The van der Waals surface area contributed by atoms with Crippen molar-refractivity contribution in [1.82, 2.24) is 4.90 Å². The van der Waals surface area contributed by atoms with Crippen LogP contribution in [0.2, 0.25) is 0 Å². The number of rotatable bonds is 5. The maximum atomic E-state index is 5.52. The first-order chi connectivity index (χ1) is 6.25. The normalized spacial score (nSPS) is 13.0. The number of hydrogen-bond acceptors (Lipinski definition) is 1. The predicted octanol–water partition coefficient (Wildman–Crippen LogP) is 3.16. The maximum Gasteiger partial charge on any atom is 0.0273 e. The smallest absolute Gasteiger partial charge is 0.0273 e. The summed E-state index contributed by atoms with van der Waals surface area (Å²) in [6.45, 7) is 12.1. The van der Waals surface area contributed by atoms with Gasteiger partial charge >= 0.3 is 0 Å². The molecule has 1 heteroatoms. The minimum Gasteiger partial charge on any atom is -0.301 e. The Morgan fingerprint density at radius 1 is 1.21 bits per heavy atom. The van der Waals surface area contributed by atoms with Crippen LogP contribution < -0.4 is 0 Å². The first kappa shape index (κ1) is 13.5. The third-order valence-electron chi connectivity index (χ3n) is 2.86. The van der Waals surface area contributed by atoms with Gasteiger partial charge in [0.1, 0.15) is 0 Å². The average Bonchev–Trinajstić information content (AvgIpc) is 2.03. The van der Waals surface area contributed by atoms with E-state index >= 15 is 0 Å². The molecular weight excluding hydrogens is 170 g/mol. The lowest BCUT2D eigenvalue weighted by molar-refractivity contribution is 0.115. The molecule has 0 aliphatic heterocycles. The van der Waals surface area contributed by atoms with Gasteiger partial charge in [0.15, 0.2) is 0 Å². The van der Waals surface area contributed by atoms with Crippen molar-refractivity contribution in [2.75, 3.05) is 13.6 Å². The molecule has 0 aromatic carbocycles. The lowest BCUT2D eigenvalue weighted by Gasteiger charge is -2.39. The Morgan fingerprint density at radius 3 is 2.07 bits per heavy atom. The molecule has 0 rings (SSSR count). The Bertz CT molecular complexity index is 208. The minimum atomic E-state index is -0.00843. The molecule has 0 spiro atoms. The van der Waals surface area contributed by atoms with E-state index in [0.29, 0.717) is 0 Å². The topological polar surface area (TPSA) is 3.24 Å². The third kappa shape index (κ3) is 4.15. The fraction of sp³-hybridized carbons (Fsp3) is 0.846. The molecular formula is C13H25N. The van der Waals surface area contributed by atoms with Gasteiger partial charge in [0, 0.05) is 11.0 Å². The predicted molar refractivity (Wildman–Crippen MR) is 64.2 cm³/mol. The van der Waals surface area contributed by atoms with E-state index in [0.717, 1.165) is 13.0 Å². The molecule has 0 radical (unpaired) electrons. The zero-order valence-corrected chi connectivity index (χ0v) is 10.6. The quantitative estimate of drug-likeness (QED) is 0.609. The standard InChI is InChI=1S/C13H25N/c1-8-10-14(7)13(5,6)11-12(3,4)9-2/h2H,8,10-11H2,1,3-7H3. The summed E-state index contributed by atoms with van der Waals surface area (Å²) in [6, 6.07) is 0. The summed E-state index contributed by atoms with van der Waals surface area (Å²) in [7, 11) is 2.18. The van der Waals surface area contributed by atoms with Gasteiger partial charge in [0.2, 0.25) is 0 Å². The van der Waals surface area contributed by atoms with Crippen molar-refractivity contribution in [3.8, 4) is 12.3 Å². The molecule has 14 heavy (non-hydrogen) atoms. The van der Waals surface area contributed by atoms with Gasteiger partial charge in [-0.2, -0.15) is 0 Å². The van der Waals surface area contributed by atoms with E-state index in [9.17, 15) is 0 Å². The molecule has 0 N–H and O–H groups in total. The molecule has 0 heterocycles. The van der Waals surface area contributed by atoms with E-state index in [4.69, 9.17) is 6.42 Å². The first-order valence-electron chi connectivity index (χ1n) is 5.44. The monoisotopic (exact) mass is 195 g/mol. The maximum absolute atomic E-state index is 5.52. The third-order valence-corrected chi connectivity index (χ3v) is 2.86. The van der Waals surface area contributed by atoms with Crippen molar-refractivity contribution >= 4 is 0 Å². The summed E-state index contributed by atoms with van der Waals surface area (Å²) in [4.78, 5) is 2.39. The Morgan fingerprint density at radius 2 is 1.71 bits per heavy atom. The molecule has 1 nitrogen and oxygen atoms in total. The van der Waals surface area contributed by atoms with Crippen molar-refractivity contribution in [3.63, 3.8) is 0 Å². The highest BCUT2D eigenvalue weighted by Gasteiger charge is 2.30. The molecule has 0 aliphatic carbocycles. The highest BCUT2D eigenvalue weighted by molar-refractivity contribution is 5.04. The van der Waals surface area contributed by atoms with Crippen molar-refractivity contribution in [2.45, 2.75) is 53.0 Å². The van der Waals surface area contributed by atoms with Crippen LogP contribution in [0.4, 0.5) is 0 Å². The molecule has 0 saturated carbocycles. The SMILES string of the molecule is C#CC(C)(C)CC(C)(C)N(C)CCC. The zero-order chi connectivity index (χ0) is 11.4. The Labute approximate surface area is 89.9 Å². The van der Waals surface area contributed by atoms with Gasteiger partial charge in [-0.3, -0.25) is 0 Å². The van der Waals surface area contributed by atoms with Gasteiger partial charge in [0.25, 0.3) is 0 Å². The van der Waals surface area contributed by atoms with E-state index in [1.165, 1.54) is 6.42 Å². The Balaban J connectivity index is 4.41. The molecule has 0 aliphatic rings. The highest BCUT2D eigenvalue weighted by Crippen LogP contribution is 2.30. The van der Waals surface area contributed by atoms with Gasteiger partial charge in [0.05, 0.1) is 0 Å². The second kappa shape index (κ2) is 4.84. The van der Waals surface area contributed by atoms with E-state index < -0.39 is 0 Å². The molecule has 0 aromatic rings. The molecule has 82 valence electrons. The summed E-state index contributed by atoms with van der Waals surface area (Å²) in [5, 5.41) is 0. The van der Waals surface area contributed by atoms with Crippen molar-refractivity contribution in [3.05, 3.63) is 0 Å². The second-order valence-electron chi connectivity index (χ2n) is 5.44. The summed E-state index contributed by atoms with van der Waals surface area (Å²) in [5.41, 5.74) is 0.178.